The van der Waals surface area contributed by atoms with Crippen LogP contribution in [0.5, 0.6) is 0 Å². The first kappa shape index (κ1) is 11.8. The highest BCUT2D eigenvalue weighted by molar-refractivity contribution is 5.08. The summed E-state index contributed by atoms with van der Waals surface area (Å²) in [5, 5.41) is 7.56. The van der Waals surface area contributed by atoms with Crippen LogP contribution >= 0.6 is 0 Å². The Morgan fingerprint density at radius 3 is 2.87 bits per heavy atom. The smallest absolute Gasteiger partial charge is 0.0691 e. The average molecular weight is 205 g/mol. The molecule has 0 saturated carbocycles. The van der Waals surface area contributed by atoms with Crippen LogP contribution in [-0.2, 0) is 7.05 Å². The van der Waals surface area contributed by atoms with Crippen molar-refractivity contribution in [2.75, 3.05) is 0 Å². The standard InChI is InChI=1S/C12H19N3/c1-5-7-11(6-2)14-10(3)12-8-9-13-15(12)4/h2,8-11,14H,5,7H2,1,3-4H3. The van der Waals surface area contributed by atoms with E-state index in [-0.39, 0.29) is 12.1 Å². The minimum atomic E-state index is 0.153. The number of terminal acetylenes is 1. The van der Waals surface area contributed by atoms with Gasteiger partial charge in [-0.15, -0.1) is 6.42 Å². The molecule has 0 radical (unpaired) electrons. The fourth-order valence-electron chi connectivity index (χ4n) is 1.70. The molecule has 0 fully saturated rings. The van der Waals surface area contributed by atoms with E-state index in [1.165, 1.54) is 0 Å². The molecule has 3 nitrogen and oxygen atoms in total. The Kier molecular flexibility index (Phi) is 4.38. The molecular weight excluding hydrogens is 186 g/mol. The molecule has 3 heteroatoms. The third-order valence-electron chi connectivity index (χ3n) is 2.53. The molecular formula is C12H19N3. The molecule has 1 aromatic heterocycles. The van der Waals surface area contributed by atoms with Gasteiger partial charge in [0.2, 0.25) is 0 Å². The second-order valence-corrected chi connectivity index (χ2v) is 3.78. The molecule has 0 aliphatic carbocycles. The molecule has 1 N–H and O–H groups in total. The van der Waals surface area contributed by atoms with Crippen LogP contribution in [0.4, 0.5) is 0 Å². The van der Waals surface area contributed by atoms with Crippen LogP contribution in [0.25, 0.3) is 0 Å². The zero-order valence-corrected chi connectivity index (χ0v) is 9.70. The second-order valence-electron chi connectivity index (χ2n) is 3.78. The predicted molar refractivity (Wildman–Crippen MR) is 62.3 cm³/mol. The van der Waals surface area contributed by atoms with Gasteiger partial charge < -0.3 is 0 Å². The van der Waals surface area contributed by atoms with Gasteiger partial charge in [-0.25, -0.2) is 0 Å². The van der Waals surface area contributed by atoms with Gasteiger partial charge in [0.15, 0.2) is 0 Å². The van der Waals surface area contributed by atoms with Crippen LogP contribution < -0.4 is 5.32 Å². The monoisotopic (exact) mass is 205 g/mol. The van der Waals surface area contributed by atoms with Crippen molar-refractivity contribution >= 4 is 0 Å². The SMILES string of the molecule is C#CC(CCC)NC(C)c1ccnn1C. The number of nitrogens with one attached hydrogen (secondary N) is 1. The maximum Gasteiger partial charge on any atom is 0.0691 e. The molecule has 0 spiro atoms. The van der Waals surface area contributed by atoms with Gasteiger partial charge in [-0.2, -0.15) is 5.10 Å². The van der Waals surface area contributed by atoms with E-state index in [0.717, 1.165) is 18.5 Å². The van der Waals surface area contributed by atoms with Crippen LogP contribution in [0.2, 0.25) is 0 Å². The van der Waals surface area contributed by atoms with Gasteiger partial charge in [-0.3, -0.25) is 10.00 Å². The molecule has 0 aromatic carbocycles. The normalized spacial score (nSPS) is 14.5. The Hall–Kier alpha value is -1.27. The van der Waals surface area contributed by atoms with E-state index >= 15 is 0 Å². The molecule has 82 valence electrons. The summed E-state index contributed by atoms with van der Waals surface area (Å²) in [6.45, 7) is 4.25. The lowest BCUT2D eigenvalue weighted by Gasteiger charge is -2.18. The fourth-order valence-corrected chi connectivity index (χ4v) is 1.70. The number of aromatic nitrogens is 2. The number of aryl methyl sites for hydroxylation is 1. The zero-order valence-electron chi connectivity index (χ0n) is 9.70. The molecule has 0 saturated heterocycles. The third kappa shape index (κ3) is 3.10. The molecule has 1 rings (SSSR count). The zero-order chi connectivity index (χ0) is 11.3. The number of hydrogen-bond donors (Lipinski definition) is 1. The van der Waals surface area contributed by atoms with Crippen LogP contribution in [0, 0.1) is 12.3 Å². The van der Waals surface area contributed by atoms with E-state index in [4.69, 9.17) is 6.42 Å². The summed E-state index contributed by atoms with van der Waals surface area (Å²) in [4.78, 5) is 0. The number of nitrogens with zero attached hydrogens (tertiary/aromatic N) is 2. The quantitative estimate of drug-likeness (QED) is 0.744. The van der Waals surface area contributed by atoms with Gasteiger partial charge in [-0.1, -0.05) is 19.3 Å². The number of rotatable bonds is 5. The Labute approximate surface area is 91.9 Å². The third-order valence-corrected chi connectivity index (χ3v) is 2.53. The summed E-state index contributed by atoms with van der Waals surface area (Å²) in [5.41, 5.74) is 1.16. The fraction of sp³-hybridized carbons (Fsp3) is 0.583. The van der Waals surface area contributed by atoms with Crippen LogP contribution in [0.3, 0.4) is 0 Å². The van der Waals surface area contributed by atoms with Gasteiger partial charge in [0.1, 0.15) is 0 Å². The Morgan fingerprint density at radius 2 is 2.40 bits per heavy atom. The largest absolute Gasteiger partial charge is 0.296 e. The predicted octanol–water partition coefficient (Wildman–Crippen LogP) is 1.87. The van der Waals surface area contributed by atoms with Crippen molar-refractivity contribution in [3.8, 4) is 12.3 Å². The van der Waals surface area contributed by atoms with E-state index in [9.17, 15) is 0 Å². The van der Waals surface area contributed by atoms with E-state index < -0.39 is 0 Å². The minimum absolute atomic E-state index is 0.153. The Bertz CT molecular complexity index is 335. The lowest BCUT2D eigenvalue weighted by atomic mass is 10.1. The summed E-state index contributed by atoms with van der Waals surface area (Å²) < 4.78 is 1.87. The maximum absolute atomic E-state index is 5.46. The van der Waals surface area contributed by atoms with E-state index in [0.29, 0.717) is 0 Å². The van der Waals surface area contributed by atoms with E-state index in [2.05, 4.69) is 30.2 Å². The first-order valence-corrected chi connectivity index (χ1v) is 5.39. The van der Waals surface area contributed by atoms with Crippen LogP contribution in [-0.4, -0.2) is 15.8 Å². The first-order chi connectivity index (χ1) is 7.19. The maximum atomic E-state index is 5.46. The molecule has 2 unspecified atom stereocenters. The Balaban J connectivity index is 2.59. The van der Waals surface area contributed by atoms with Gasteiger partial charge in [0.25, 0.3) is 0 Å². The van der Waals surface area contributed by atoms with Crippen molar-refractivity contribution in [3.63, 3.8) is 0 Å². The highest BCUT2D eigenvalue weighted by Gasteiger charge is 2.12. The van der Waals surface area contributed by atoms with Crippen LogP contribution in [0.1, 0.15) is 38.4 Å². The van der Waals surface area contributed by atoms with Crippen molar-refractivity contribution in [2.24, 2.45) is 7.05 Å². The molecule has 0 aliphatic heterocycles. The Morgan fingerprint density at radius 1 is 1.67 bits per heavy atom. The summed E-state index contributed by atoms with van der Waals surface area (Å²) in [6, 6.07) is 2.40. The second kappa shape index (κ2) is 5.57. The van der Waals surface area contributed by atoms with Crippen LogP contribution in [0.15, 0.2) is 12.3 Å². The molecule has 0 aliphatic rings. The molecule has 1 aromatic rings. The van der Waals surface area contributed by atoms with E-state index in [1.54, 1.807) is 6.20 Å². The minimum Gasteiger partial charge on any atom is -0.296 e. The average Bonchev–Trinajstić information content (AvgIpc) is 2.63. The summed E-state index contributed by atoms with van der Waals surface area (Å²) in [5.74, 6) is 2.77. The van der Waals surface area contributed by atoms with Gasteiger partial charge in [0.05, 0.1) is 11.7 Å². The highest BCUT2D eigenvalue weighted by Crippen LogP contribution is 2.12. The van der Waals surface area contributed by atoms with E-state index in [1.807, 2.05) is 17.8 Å². The topological polar surface area (TPSA) is 29.9 Å². The summed E-state index contributed by atoms with van der Waals surface area (Å²) in [7, 11) is 1.94. The van der Waals surface area contributed by atoms with Crippen molar-refractivity contribution in [1.29, 1.82) is 0 Å². The van der Waals surface area contributed by atoms with Crippen molar-refractivity contribution in [3.05, 3.63) is 18.0 Å². The van der Waals surface area contributed by atoms with Crippen molar-refractivity contribution in [2.45, 2.75) is 38.8 Å². The van der Waals surface area contributed by atoms with Crippen molar-refractivity contribution in [1.82, 2.24) is 15.1 Å². The molecule has 2 atom stereocenters. The highest BCUT2D eigenvalue weighted by atomic mass is 15.3. The summed E-state index contributed by atoms with van der Waals surface area (Å²) >= 11 is 0. The molecule has 15 heavy (non-hydrogen) atoms. The van der Waals surface area contributed by atoms with Gasteiger partial charge in [0, 0.05) is 19.3 Å². The molecule has 0 amide bonds. The lowest BCUT2D eigenvalue weighted by molar-refractivity contribution is 0.472. The lowest BCUT2D eigenvalue weighted by Crippen LogP contribution is -2.31. The first-order valence-electron chi connectivity index (χ1n) is 5.39. The molecule has 0 bridgehead atoms. The van der Waals surface area contributed by atoms with Crippen molar-refractivity contribution < 1.29 is 0 Å². The van der Waals surface area contributed by atoms with Gasteiger partial charge >= 0.3 is 0 Å². The van der Waals surface area contributed by atoms with Gasteiger partial charge in [-0.05, 0) is 19.4 Å². The summed E-state index contributed by atoms with van der Waals surface area (Å²) in [6.07, 6.45) is 9.38. The number of hydrogen-bond acceptors (Lipinski definition) is 2. The molecule has 1 heterocycles.